The third-order valence-corrected chi connectivity index (χ3v) is 2.01. The fraction of sp³-hybridized carbons (Fsp3) is 0.417. The minimum atomic E-state index is -0.358. The maximum atomic E-state index is 12.8. The van der Waals surface area contributed by atoms with Crippen LogP contribution in [0.2, 0.25) is 0 Å². The summed E-state index contributed by atoms with van der Waals surface area (Å²) in [5.41, 5.74) is 0. The van der Waals surface area contributed by atoms with Gasteiger partial charge in [0.05, 0.1) is 6.07 Å². The molecule has 0 saturated carbocycles. The van der Waals surface area contributed by atoms with Crippen LogP contribution in [-0.2, 0) is 0 Å². The van der Waals surface area contributed by atoms with Crippen molar-refractivity contribution in [1.29, 1.82) is 5.26 Å². The minimum Gasteiger partial charge on any atom is -0.491 e. The second-order valence-electron chi connectivity index (χ2n) is 3.40. The number of benzene rings is 1. The van der Waals surface area contributed by atoms with E-state index >= 15 is 0 Å². The van der Waals surface area contributed by atoms with Gasteiger partial charge in [-0.05, 0) is 25.1 Å². The Morgan fingerprint density at radius 3 is 3.00 bits per heavy atom. The minimum absolute atomic E-state index is 0.222. The lowest BCUT2D eigenvalue weighted by atomic mass is 10.3. The van der Waals surface area contributed by atoms with E-state index in [1.807, 2.05) is 6.92 Å². The van der Waals surface area contributed by atoms with E-state index in [9.17, 15) is 4.39 Å². The first-order chi connectivity index (χ1) is 7.76. The molecule has 0 aliphatic heterocycles. The second-order valence-corrected chi connectivity index (χ2v) is 3.40. The molecule has 1 atom stereocenters. The molecule has 4 heteroatoms. The lowest BCUT2D eigenvalue weighted by Gasteiger charge is -2.12. The number of rotatable bonds is 6. The SMILES string of the molecule is CCCNC(C#N)COc1cccc(F)c1. The van der Waals surface area contributed by atoms with E-state index in [1.165, 1.54) is 12.1 Å². The van der Waals surface area contributed by atoms with Crippen LogP contribution in [0, 0.1) is 17.1 Å². The predicted molar refractivity (Wildman–Crippen MR) is 59.6 cm³/mol. The molecule has 16 heavy (non-hydrogen) atoms. The summed E-state index contributed by atoms with van der Waals surface area (Å²) in [6.07, 6.45) is 0.956. The molecule has 0 spiro atoms. The second kappa shape index (κ2) is 6.81. The van der Waals surface area contributed by atoms with Gasteiger partial charge in [-0.1, -0.05) is 13.0 Å². The lowest BCUT2D eigenvalue weighted by molar-refractivity contribution is 0.288. The van der Waals surface area contributed by atoms with Crippen LogP contribution >= 0.6 is 0 Å². The summed E-state index contributed by atoms with van der Waals surface area (Å²) in [5.74, 6) is 0.103. The summed E-state index contributed by atoms with van der Waals surface area (Å²) < 4.78 is 18.1. The Morgan fingerprint density at radius 2 is 2.38 bits per heavy atom. The molecule has 0 heterocycles. The Balaban J connectivity index is 2.41. The number of nitriles is 1. The largest absolute Gasteiger partial charge is 0.491 e. The zero-order valence-corrected chi connectivity index (χ0v) is 9.24. The molecule has 1 aromatic rings. The van der Waals surface area contributed by atoms with E-state index in [-0.39, 0.29) is 18.5 Å². The Hall–Kier alpha value is -1.60. The van der Waals surface area contributed by atoms with Gasteiger partial charge in [0.1, 0.15) is 24.2 Å². The van der Waals surface area contributed by atoms with Crippen molar-refractivity contribution < 1.29 is 9.13 Å². The summed E-state index contributed by atoms with van der Waals surface area (Å²) >= 11 is 0. The molecule has 86 valence electrons. The van der Waals surface area contributed by atoms with Crippen LogP contribution in [-0.4, -0.2) is 19.2 Å². The summed E-state index contributed by atoms with van der Waals surface area (Å²) in [6.45, 7) is 3.01. The quantitative estimate of drug-likeness (QED) is 0.801. The molecule has 1 rings (SSSR count). The fourth-order valence-electron chi connectivity index (χ4n) is 1.20. The molecular formula is C12H15FN2O. The van der Waals surface area contributed by atoms with E-state index in [1.54, 1.807) is 12.1 Å². The number of hydrogen-bond acceptors (Lipinski definition) is 3. The number of nitrogens with one attached hydrogen (secondary N) is 1. The Morgan fingerprint density at radius 1 is 1.56 bits per heavy atom. The fourth-order valence-corrected chi connectivity index (χ4v) is 1.20. The third kappa shape index (κ3) is 4.28. The average Bonchev–Trinajstić information content (AvgIpc) is 2.29. The van der Waals surface area contributed by atoms with E-state index < -0.39 is 0 Å². The maximum absolute atomic E-state index is 12.8. The monoisotopic (exact) mass is 222 g/mol. The molecular weight excluding hydrogens is 207 g/mol. The highest BCUT2D eigenvalue weighted by Crippen LogP contribution is 2.11. The molecule has 0 aliphatic carbocycles. The van der Waals surface area contributed by atoms with Gasteiger partial charge in [-0.15, -0.1) is 0 Å². The Bertz CT molecular complexity index is 362. The van der Waals surface area contributed by atoms with E-state index in [0.717, 1.165) is 13.0 Å². The van der Waals surface area contributed by atoms with Gasteiger partial charge < -0.3 is 4.74 Å². The highest BCUT2D eigenvalue weighted by molar-refractivity contribution is 5.22. The van der Waals surface area contributed by atoms with Crippen molar-refractivity contribution in [2.75, 3.05) is 13.2 Å². The number of halogens is 1. The van der Waals surface area contributed by atoms with Crippen LogP contribution in [0.15, 0.2) is 24.3 Å². The maximum Gasteiger partial charge on any atom is 0.130 e. The van der Waals surface area contributed by atoms with Crippen molar-refractivity contribution in [2.24, 2.45) is 0 Å². The number of ether oxygens (including phenoxy) is 1. The van der Waals surface area contributed by atoms with Gasteiger partial charge in [-0.2, -0.15) is 5.26 Å². The van der Waals surface area contributed by atoms with Crippen LogP contribution in [0.5, 0.6) is 5.75 Å². The van der Waals surface area contributed by atoms with Crippen molar-refractivity contribution in [3.8, 4) is 11.8 Å². The first kappa shape index (κ1) is 12.5. The zero-order chi connectivity index (χ0) is 11.8. The van der Waals surface area contributed by atoms with Crippen molar-refractivity contribution in [3.63, 3.8) is 0 Å². The summed E-state index contributed by atoms with van der Waals surface area (Å²) in [6, 6.07) is 7.62. The van der Waals surface area contributed by atoms with E-state index in [0.29, 0.717) is 5.75 Å². The Kier molecular flexibility index (Phi) is 5.30. The summed E-state index contributed by atoms with van der Waals surface area (Å²) in [4.78, 5) is 0. The first-order valence-electron chi connectivity index (χ1n) is 5.27. The van der Waals surface area contributed by atoms with E-state index in [4.69, 9.17) is 10.00 Å². The van der Waals surface area contributed by atoms with Gasteiger partial charge in [0, 0.05) is 6.07 Å². The normalized spacial score (nSPS) is 11.8. The highest BCUT2D eigenvalue weighted by atomic mass is 19.1. The van der Waals surface area contributed by atoms with Crippen molar-refractivity contribution in [3.05, 3.63) is 30.1 Å². The van der Waals surface area contributed by atoms with Crippen LogP contribution in [0.4, 0.5) is 4.39 Å². The molecule has 3 nitrogen and oxygen atoms in total. The molecule has 0 amide bonds. The lowest BCUT2D eigenvalue weighted by Crippen LogP contribution is -2.33. The van der Waals surface area contributed by atoms with Gasteiger partial charge >= 0.3 is 0 Å². The molecule has 0 aromatic heterocycles. The van der Waals surface area contributed by atoms with Gasteiger partial charge in [0.25, 0.3) is 0 Å². The Labute approximate surface area is 94.8 Å². The molecule has 0 fully saturated rings. The molecule has 0 radical (unpaired) electrons. The van der Waals surface area contributed by atoms with Crippen LogP contribution in [0.1, 0.15) is 13.3 Å². The first-order valence-corrected chi connectivity index (χ1v) is 5.27. The molecule has 1 N–H and O–H groups in total. The summed E-state index contributed by atoms with van der Waals surface area (Å²) in [5, 5.41) is 11.8. The standard InChI is InChI=1S/C12H15FN2O/c1-2-6-15-11(8-14)9-16-12-5-3-4-10(13)7-12/h3-5,7,11,15H,2,6,9H2,1H3. The van der Waals surface area contributed by atoms with Gasteiger partial charge in [-0.25, -0.2) is 4.39 Å². The zero-order valence-electron chi connectivity index (χ0n) is 9.24. The molecule has 0 bridgehead atoms. The highest BCUT2D eigenvalue weighted by Gasteiger charge is 2.06. The van der Waals surface area contributed by atoms with E-state index in [2.05, 4.69) is 11.4 Å². The summed E-state index contributed by atoms with van der Waals surface area (Å²) in [7, 11) is 0. The third-order valence-electron chi connectivity index (χ3n) is 2.01. The molecule has 0 aliphatic rings. The molecule has 1 unspecified atom stereocenters. The average molecular weight is 222 g/mol. The molecule has 1 aromatic carbocycles. The topological polar surface area (TPSA) is 45.0 Å². The predicted octanol–water partition coefficient (Wildman–Crippen LogP) is 2.10. The van der Waals surface area contributed by atoms with Gasteiger partial charge in [-0.3, -0.25) is 5.32 Å². The van der Waals surface area contributed by atoms with Crippen molar-refractivity contribution in [2.45, 2.75) is 19.4 Å². The van der Waals surface area contributed by atoms with Gasteiger partial charge in [0.2, 0.25) is 0 Å². The van der Waals surface area contributed by atoms with Crippen LogP contribution in [0.3, 0.4) is 0 Å². The van der Waals surface area contributed by atoms with Crippen LogP contribution in [0.25, 0.3) is 0 Å². The van der Waals surface area contributed by atoms with Gasteiger partial charge in [0.15, 0.2) is 0 Å². The van der Waals surface area contributed by atoms with Crippen LogP contribution < -0.4 is 10.1 Å². The molecule has 0 saturated heterocycles. The number of hydrogen-bond donors (Lipinski definition) is 1. The van der Waals surface area contributed by atoms with Crippen molar-refractivity contribution >= 4 is 0 Å². The van der Waals surface area contributed by atoms with Crippen molar-refractivity contribution in [1.82, 2.24) is 5.32 Å². The number of nitrogens with zero attached hydrogens (tertiary/aromatic N) is 1. The smallest absolute Gasteiger partial charge is 0.130 e.